The van der Waals surface area contributed by atoms with Gasteiger partial charge in [0, 0.05) is 19.0 Å². The van der Waals surface area contributed by atoms with E-state index in [1.807, 2.05) is 30.7 Å². The van der Waals surface area contributed by atoms with E-state index < -0.39 is 11.9 Å². The molecule has 2 N–H and O–H groups in total. The van der Waals surface area contributed by atoms with Gasteiger partial charge < -0.3 is 10.6 Å². The standard InChI is InChI=1S/C24H28ClF3N6S/c1-14-7-4-5-8-18(14)13-34-16(3)20(15(2)31-34)30-23(35)29-11-6-12-33-21(17-9-10-17)19(25)22(32-33)24(26,27)28/h4-5,7-8,17H,6,9-13H2,1-3H3,(H2,29,30,35). The van der Waals surface area contributed by atoms with Crippen molar-refractivity contribution in [1.29, 1.82) is 0 Å². The van der Waals surface area contributed by atoms with Crippen LogP contribution >= 0.6 is 23.8 Å². The van der Waals surface area contributed by atoms with Gasteiger partial charge in [-0.05, 0) is 63.4 Å². The molecule has 0 atom stereocenters. The number of hydrogen-bond acceptors (Lipinski definition) is 3. The summed E-state index contributed by atoms with van der Waals surface area (Å²) in [5.74, 6) is 0.0592. The minimum atomic E-state index is -4.56. The Bertz CT molecular complexity index is 1230. The number of nitrogens with zero attached hydrogens (tertiary/aromatic N) is 4. The van der Waals surface area contributed by atoms with Gasteiger partial charge in [0.1, 0.15) is 0 Å². The molecule has 0 radical (unpaired) electrons. The molecule has 3 aromatic rings. The van der Waals surface area contributed by atoms with Crippen LogP contribution in [0.4, 0.5) is 18.9 Å². The van der Waals surface area contributed by atoms with Crippen LogP contribution in [0.15, 0.2) is 24.3 Å². The van der Waals surface area contributed by atoms with Crippen molar-refractivity contribution in [3.63, 3.8) is 0 Å². The molecule has 1 aromatic carbocycles. The van der Waals surface area contributed by atoms with Crippen molar-refractivity contribution in [3.05, 3.63) is 63.2 Å². The monoisotopic (exact) mass is 524 g/mol. The third-order valence-electron chi connectivity index (χ3n) is 6.20. The average Bonchev–Trinajstić information content (AvgIpc) is 3.51. The van der Waals surface area contributed by atoms with E-state index in [1.165, 1.54) is 15.8 Å². The Morgan fingerprint density at radius 2 is 1.86 bits per heavy atom. The van der Waals surface area contributed by atoms with Crippen molar-refractivity contribution >= 4 is 34.6 Å². The zero-order chi connectivity index (χ0) is 25.3. The largest absolute Gasteiger partial charge is 0.436 e. The van der Waals surface area contributed by atoms with Crippen molar-refractivity contribution in [2.45, 2.75) is 65.2 Å². The zero-order valence-corrected chi connectivity index (χ0v) is 21.4. The predicted octanol–water partition coefficient (Wildman–Crippen LogP) is 5.98. The highest BCUT2D eigenvalue weighted by molar-refractivity contribution is 7.80. The quantitative estimate of drug-likeness (QED) is 0.280. The van der Waals surface area contributed by atoms with E-state index in [0.29, 0.717) is 36.9 Å². The Morgan fingerprint density at radius 3 is 2.51 bits per heavy atom. The minimum absolute atomic E-state index is 0.0592. The number of nitrogens with one attached hydrogen (secondary N) is 2. The van der Waals surface area contributed by atoms with Gasteiger partial charge in [0.2, 0.25) is 0 Å². The van der Waals surface area contributed by atoms with Crippen LogP contribution in [0.25, 0.3) is 0 Å². The Morgan fingerprint density at radius 1 is 1.14 bits per heavy atom. The van der Waals surface area contributed by atoms with Crippen LogP contribution in [0.5, 0.6) is 0 Å². The molecule has 1 aliphatic carbocycles. The maximum absolute atomic E-state index is 13.2. The van der Waals surface area contributed by atoms with Crippen LogP contribution in [0.1, 0.15) is 59.1 Å². The second-order valence-electron chi connectivity index (χ2n) is 8.91. The summed E-state index contributed by atoms with van der Waals surface area (Å²) in [7, 11) is 0. The molecule has 0 saturated heterocycles. The van der Waals surface area contributed by atoms with Gasteiger partial charge in [0.05, 0.1) is 34.3 Å². The molecule has 1 saturated carbocycles. The first kappa shape index (κ1) is 25.5. The Kier molecular flexibility index (Phi) is 7.42. The van der Waals surface area contributed by atoms with Crippen molar-refractivity contribution in [3.8, 4) is 0 Å². The third kappa shape index (κ3) is 5.81. The molecule has 4 rings (SSSR count). The van der Waals surface area contributed by atoms with Crippen molar-refractivity contribution in [1.82, 2.24) is 24.9 Å². The summed E-state index contributed by atoms with van der Waals surface area (Å²) in [6, 6.07) is 8.19. The first-order chi connectivity index (χ1) is 16.6. The van der Waals surface area contributed by atoms with Crippen LogP contribution in [0, 0.1) is 20.8 Å². The molecule has 35 heavy (non-hydrogen) atoms. The summed E-state index contributed by atoms with van der Waals surface area (Å²) in [6.45, 7) is 7.45. The summed E-state index contributed by atoms with van der Waals surface area (Å²) < 4.78 is 43.0. The lowest BCUT2D eigenvalue weighted by atomic mass is 10.1. The number of rotatable bonds is 8. The zero-order valence-electron chi connectivity index (χ0n) is 19.8. The van der Waals surface area contributed by atoms with Gasteiger partial charge in [-0.1, -0.05) is 35.9 Å². The number of hydrogen-bond donors (Lipinski definition) is 2. The second-order valence-corrected chi connectivity index (χ2v) is 9.69. The second kappa shape index (κ2) is 10.2. The van der Waals surface area contributed by atoms with Crippen LogP contribution in [0.3, 0.4) is 0 Å². The van der Waals surface area contributed by atoms with Gasteiger partial charge in [-0.3, -0.25) is 9.36 Å². The molecule has 0 amide bonds. The van der Waals surface area contributed by atoms with Crippen LogP contribution in [-0.2, 0) is 19.3 Å². The number of anilines is 1. The molecule has 0 unspecified atom stereocenters. The fourth-order valence-electron chi connectivity index (χ4n) is 4.12. The fraction of sp³-hybridized carbons (Fsp3) is 0.458. The molecule has 1 fully saturated rings. The number of aromatic nitrogens is 4. The summed E-state index contributed by atoms with van der Waals surface area (Å²) >= 11 is 11.5. The van der Waals surface area contributed by atoms with Crippen LogP contribution in [-0.4, -0.2) is 31.2 Å². The number of thiocarbonyl (C=S) groups is 1. The molecule has 0 bridgehead atoms. The molecule has 2 aromatic heterocycles. The maximum Gasteiger partial charge on any atom is 0.436 e. The van der Waals surface area contributed by atoms with Crippen LogP contribution < -0.4 is 10.6 Å². The molecule has 11 heteroatoms. The number of halogens is 4. The van der Waals surface area contributed by atoms with E-state index >= 15 is 0 Å². The van der Waals surface area contributed by atoms with Crippen molar-refractivity contribution in [2.24, 2.45) is 0 Å². The molecule has 0 spiro atoms. The van der Waals surface area contributed by atoms with Crippen LogP contribution in [0.2, 0.25) is 5.02 Å². The molecule has 188 valence electrons. The van der Waals surface area contributed by atoms with Gasteiger partial charge >= 0.3 is 6.18 Å². The van der Waals surface area contributed by atoms with Gasteiger partial charge in [-0.25, -0.2) is 0 Å². The van der Waals surface area contributed by atoms with Gasteiger partial charge in [-0.15, -0.1) is 0 Å². The molecule has 0 aliphatic heterocycles. The Hall–Kier alpha value is -2.59. The summed E-state index contributed by atoms with van der Waals surface area (Å²) in [5, 5.41) is 14.9. The number of aryl methyl sites for hydroxylation is 3. The average molecular weight is 525 g/mol. The lowest BCUT2D eigenvalue weighted by molar-refractivity contribution is -0.141. The lowest BCUT2D eigenvalue weighted by Gasteiger charge is -2.12. The molecule has 2 heterocycles. The first-order valence-corrected chi connectivity index (χ1v) is 12.3. The van der Waals surface area contributed by atoms with E-state index in [9.17, 15) is 13.2 Å². The highest BCUT2D eigenvalue weighted by atomic mass is 35.5. The van der Waals surface area contributed by atoms with Gasteiger partial charge in [0.15, 0.2) is 10.8 Å². The topological polar surface area (TPSA) is 59.7 Å². The maximum atomic E-state index is 13.2. The number of alkyl halides is 3. The van der Waals surface area contributed by atoms with Gasteiger partial charge in [-0.2, -0.15) is 23.4 Å². The Labute approximate surface area is 212 Å². The lowest BCUT2D eigenvalue weighted by Crippen LogP contribution is -2.30. The van der Waals surface area contributed by atoms with Crippen molar-refractivity contribution < 1.29 is 13.2 Å². The Balaban J connectivity index is 1.33. The van der Waals surface area contributed by atoms with E-state index in [1.54, 1.807) is 0 Å². The highest BCUT2D eigenvalue weighted by Gasteiger charge is 2.41. The van der Waals surface area contributed by atoms with Crippen molar-refractivity contribution in [2.75, 3.05) is 11.9 Å². The molecular weight excluding hydrogens is 497 g/mol. The van der Waals surface area contributed by atoms with E-state index in [2.05, 4.69) is 39.9 Å². The summed E-state index contributed by atoms with van der Waals surface area (Å²) in [4.78, 5) is 0. The summed E-state index contributed by atoms with van der Waals surface area (Å²) in [5.41, 5.74) is 4.54. The SMILES string of the molecule is Cc1ccccc1Cn1nc(C)c(NC(=S)NCCCn2nc(C(F)(F)F)c(Cl)c2C2CC2)c1C. The third-order valence-corrected chi connectivity index (χ3v) is 6.82. The summed E-state index contributed by atoms with van der Waals surface area (Å²) in [6.07, 6.45) is -2.34. The molecule has 1 aliphatic rings. The molecule has 6 nitrogen and oxygen atoms in total. The minimum Gasteiger partial charge on any atom is -0.362 e. The normalized spacial score (nSPS) is 13.8. The molecular formula is C24H28ClF3N6S. The number of benzene rings is 1. The van der Waals surface area contributed by atoms with Gasteiger partial charge in [0.25, 0.3) is 0 Å². The fourth-order valence-corrected chi connectivity index (χ4v) is 4.72. The van der Waals surface area contributed by atoms with E-state index in [0.717, 1.165) is 29.9 Å². The smallest absolute Gasteiger partial charge is 0.362 e. The predicted molar refractivity (Wildman–Crippen MR) is 135 cm³/mol. The van der Waals surface area contributed by atoms with E-state index in [-0.39, 0.29) is 10.9 Å². The van der Waals surface area contributed by atoms with E-state index in [4.69, 9.17) is 23.8 Å². The highest BCUT2D eigenvalue weighted by Crippen LogP contribution is 2.46. The first-order valence-electron chi connectivity index (χ1n) is 11.5.